The highest BCUT2D eigenvalue weighted by molar-refractivity contribution is 5.85. The van der Waals surface area contributed by atoms with E-state index in [2.05, 4.69) is 5.32 Å². The molecule has 1 atom stereocenters. The van der Waals surface area contributed by atoms with Crippen LogP contribution in [0.3, 0.4) is 0 Å². The van der Waals surface area contributed by atoms with Gasteiger partial charge in [0, 0.05) is 38.3 Å². The normalized spacial score (nSPS) is 17.9. The number of carbonyl (C=O) groups is 1. The molecule has 1 aliphatic rings. The number of benzene rings is 1. The molecule has 3 N–H and O–H groups in total. The third-order valence-corrected chi connectivity index (χ3v) is 4.38. The predicted molar refractivity (Wildman–Crippen MR) is 86.6 cm³/mol. The van der Waals surface area contributed by atoms with Gasteiger partial charge in [0.05, 0.1) is 5.41 Å². The fourth-order valence-electron chi connectivity index (χ4n) is 2.73. The van der Waals surface area contributed by atoms with Crippen molar-refractivity contribution in [3.05, 3.63) is 35.4 Å². The van der Waals surface area contributed by atoms with Crippen molar-refractivity contribution in [3.63, 3.8) is 0 Å². The van der Waals surface area contributed by atoms with Crippen LogP contribution < -0.4 is 11.1 Å². The molecule has 130 valence electrons. The number of amides is 1. The largest absolute Gasteiger partial charge is 0.381 e. The van der Waals surface area contributed by atoms with Gasteiger partial charge in [0.1, 0.15) is 11.6 Å². The van der Waals surface area contributed by atoms with Crippen molar-refractivity contribution in [2.45, 2.75) is 25.7 Å². The summed E-state index contributed by atoms with van der Waals surface area (Å²) in [7, 11) is 0. The van der Waals surface area contributed by atoms with E-state index in [0.717, 1.165) is 6.07 Å². The summed E-state index contributed by atoms with van der Waals surface area (Å²) in [5.74, 6) is -1.57. The Hall–Kier alpha value is -1.24. The van der Waals surface area contributed by atoms with Gasteiger partial charge in [0.15, 0.2) is 0 Å². The number of ether oxygens (including phenoxy) is 1. The van der Waals surface area contributed by atoms with E-state index >= 15 is 0 Å². The van der Waals surface area contributed by atoms with Crippen LogP contribution >= 0.6 is 12.4 Å². The Morgan fingerprint density at radius 2 is 2.04 bits per heavy atom. The van der Waals surface area contributed by atoms with Crippen LogP contribution in [0.15, 0.2) is 18.2 Å². The van der Waals surface area contributed by atoms with Gasteiger partial charge in [-0.25, -0.2) is 8.78 Å². The topological polar surface area (TPSA) is 64.4 Å². The van der Waals surface area contributed by atoms with Crippen LogP contribution in [0.1, 0.15) is 31.2 Å². The third kappa shape index (κ3) is 4.62. The first-order valence-electron chi connectivity index (χ1n) is 7.49. The van der Waals surface area contributed by atoms with Crippen LogP contribution in [0, 0.1) is 17.0 Å². The average molecular weight is 349 g/mol. The summed E-state index contributed by atoms with van der Waals surface area (Å²) in [6.07, 6.45) is 1.18. The van der Waals surface area contributed by atoms with E-state index in [1.807, 2.05) is 0 Å². The first kappa shape index (κ1) is 19.8. The molecule has 23 heavy (non-hydrogen) atoms. The van der Waals surface area contributed by atoms with Crippen LogP contribution in [-0.2, 0) is 9.53 Å². The minimum atomic E-state index is -0.609. The van der Waals surface area contributed by atoms with Crippen molar-refractivity contribution in [2.75, 3.05) is 26.3 Å². The maximum Gasteiger partial charge on any atom is 0.227 e. The number of rotatable bonds is 5. The summed E-state index contributed by atoms with van der Waals surface area (Å²) in [4.78, 5) is 12.4. The Balaban J connectivity index is 0.00000264. The smallest absolute Gasteiger partial charge is 0.227 e. The second-order valence-corrected chi connectivity index (χ2v) is 5.87. The van der Waals surface area contributed by atoms with E-state index < -0.39 is 17.0 Å². The van der Waals surface area contributed by atoms with Crippen molar-refractivity contribution in [3.8, 4) is 0 Å². The minimum absolute atomic E-state index is 0. The zero-order valence-corrected chi connectivity index (χ0v) is 13.9. The van der Waals surface area contributed by atoms with Gasteiger partial charge in [0.2, 0.25) is 5.91 Å². The predicted octanol–water partition coefficient (Wildman–Crippen LogP) is 2.36. The highest BCUT2D eigenvalue weighted by atomic mass is 35.5. The summed E-state index contributed by atoms with van der Waals surface area (Å²) in [6.45, 7) is 3.38. The van der Waals surface area contributed by atoms with Crippen molar-refractivity contribution in [2.24, 2.45) is 11.1 Å². The van der Waals surface area contributed by atoms with Crippen LogP contribution in [0.5, 0.6) is 0 Å². The average Bonchev–Trinajstić information content (AvgIpc) is 2.52. The van der Waals surface area contributed by atoms with Gasteiger partial charge < -0.3 is 15.8 Å². The van der Waals surface area contributed by atoms with Crippen molar-refractivity contribution in [1.82, 2.24) is 5.32 Å². The summed E-state index contributed by atoms with van der Waals surface area (Å²) >= 11 is 0. The molecular weight excluding hydrogens is 326 g/mol. The number of hydrogen-bond donors (Lipinski definition) is 2. The van der Waals surface area contributed by atoms with Gasteiger partial charge in [0.25, 0.3) is 0 Å². The van der Waals surface area contributed by atoms with Gasteiger partial charge >= 0.3 is 0 Å². The first-order chi connectivity index (χ1) is 10.5. The highest BCUT2D eigenvalue weighted by Crippen LogP contribution is 2.29. The molecule has 1 saturated heterocycles. The maximum absolute atomic E-state index is 13.7. The van der Waals surface area contributed by atoms with Gasteiger partial charge in [-0.15, -0.1) is 12.4 Å². The Morgan fingerprint density at radius 1 is 1.39 bits per heavy atom. The van der Waals surface area contributed by atoms with Crippen LogP contribution in [0.2, 0.25) is 0 Å². The van der Waals surface area contributed by atoms with E-state index in [9.17, 15) is 13.6 Å². The molecule has 0 saturated carbocycles. The molecule has 1 aliphatic heterocycles. The van der Waals surface area contributed by atoms with Gasteiger partial charge in [-0.2, -0.15) is 0 Å². The molecule has 4 nitrogen and oxygen atoms in total. The number of hydrogen-bond acceptors (Lipinski definition) is 3. The molecule has 1 fully saturated rings. The lowest BCUT2D eigenvalue weighted by Crippen LogP contribution is -2.49. The van der Waals surface area contributed by atoms with Gasteiger partial charge in [-0.1, -0.05) is 13.0 Å². The fourth-order valence-corrected chi connectivity index (χ4v) is 2.73. The molecule has 0 spiro atoms. The lowest BCUT2D eigenvalue weighted by Gasteiger charge is -2.34. The van der Waals surface area contributed by atoms with Crippen molar-refractivity contribution < 1.29 is 18.3 Å². The zero-order valence-electron chi connectivity index (χ0n) is 13.1. The molecule has 1 aromatic rings. The molecule has 1 aromatic carbocycles. The Kier molecular flexibility index (Phi) is 7.38. The van der Waals surface area contributed by atoms with Crippen LogP contribution in [0.4, 0.5) is 8.78 Å². The Labute approximate surface area is 141 Å². The van der Waals surface area contributed by atoms with Crippen LogP contribution in [0.25, 0.3) is 0 Å². The summed E-state index contributed by atoms with van der Waals surface area (Å²) < 4.78 is 31.9. The molecule has 0 aromatic heterocycles. The van der Waals surface area contributed by atoms with E-state index in [4.69, 9.17) is 10.5 Å². The van der Waals surface area contributed by atoms with Gasteiger partial charge in [-0.05, 0) is 24.5 Å². The van der Waals surface area contributed by atoms with Crippen molar-refractivity contribution in [1.29, 1.82) is 0 Å². The maximum atomic E-state index is 13.7. The second-order valence-electron chi connectivity index (χ2n) is 5.87. The molecule has 0 radical (unpaired) electrons. The lowest BCUT2D eigenvalue weighted by molar-refractivity contribution is -0.135. The third-order valence-electron chi connectivity index (χ3n) is 4.38. The first-order valence-corrected chi connectivity index (χ1v) is 7.49. The van der Waals surface area contributed by atoms with E-state index in [1.165, 1.54) is 12.1 Å². The molecule has 2 rings (SSSR count). The quantitative estimate of drug-likeness (QED) is 0.858. The van der Waals surface area contributed by atoms with E-state index in [-0.39, 0.29) is 37.3 Å². The zero-order chi connectivity index (χ0) is 16.2. The molecule has 0 aliphatic carbocycles. The van der Waals surface area contributed by atoms with Crippen LogP contribution in [-0.4, -0.2) is 32.2 Å². The molecule has 1 amide bonds. The SMILES string of the molecule is CC(CNC(=O)C1(CN)CCOCC1)c1ccc(F)cc1F.Cl. The number of nitrogens with two attached hydrogens (primary N) is 1. The number of carbonyl (C=O) groups excluding carboxylic acids is 1. The second kappa shape index (κ2) is 8.57. The number of halogens is 3. The van der Waals surface area contributed by atoms with E-state index in [1.54, 1.807) is 6.92 Å². The molecule has 1 heterocycles. The summed E-state index contributed by atoms with van der Waals surface area (Å²) in [6, 6.07) is 3.48. The lowest BCUT2D eigenvalue weighted by atomic mass is 9.79. The van der Waals surface area contributed by atoms with E-state index in [0.29, 0.717) is 31.6 Å². The minimum Gasteiger partial charge on any atom is -0.381 e. The summed E-state index contributed by atoms with van der Waals surface area (Å²) in [5.41, 5.74) is 5.57. The number of nitrogens with one attached hydrogen (secondary N) is 1. The standard InChI is InChI=1S/C16H22F2N2O2.ClH/c1-11(13-3-2-12(17)8-14(13)18)9-20-15(21)16(10-19)4-6-22-7-5-16;/h2-3,8,11H,4-7,9-10,19H2,1H3,(H,20,21);1H. The fraction of sp³-hybridized carbons (Fsp3) is 0.562. The highest BCUT2D eigenvalue weighted by Gasteiger charge is 2.38. The summed E-state index contributed by atoms with van der Waals surface area (Å²) in [5, 5.41) is 2.85. The van der Waals surface area contributed by atoms with Crippen molar-refractivity contribution >= 4 is 18.3 Å². The molecule has 1 unspecified atom stereocenters. The Morgan fingerprint density at radius 3 is 2.61 bits per heavy atom. The Bertz CT molecular complexity index is 537. The molecular formula is C16H23ClF2N2O2. The van der Waals surface area contributed by atoms with Gasteiger partial charge in [-0.3, -0.25) is 4.79 Å². The molecule has 0 bridgehead atoms. The molecule has 7 heteroatoms. The monoisotopic (exact) mass is 348 g/mol.